The molecule has 0 fully saturated rings. The second-order valence-electron chi connectivity index (χ2n) is 5.04. The summed E-state index contributed by atoms with van der Waals surface area (Å²) in [6, 6.07) is 5.36. The van der Waals surface area contributed by atoms with Gasteiger partial charge < -0.3 is 15.7 Å². The fraction of sp³-hybridized carbons (Fsp3) is 0.500. The second kappa shape index (κ2) is 7.88. The Balaban J connectivity index is 2.43. The minimum absolute atomic E-state index is 0.149. The van der Waals surface area contributed by atoms with E-state index in [4.69, 9.17) is 11.6 Å². The number of halogens is 1. The average Bonchev–Trinajstić information content (AvgIpc) is 2.33. The third-order valence-electron chi connectivity index (χ3n) is 2.72. The molecule has 0 aliphatic heterocycles. The van der Waals surface area contributed by atoms with E-state index in [0.717, 1.165) is 5.56 Å². The number of hydrogen-bond acceptors (Lipinski definition) is 4. The van der Waals surface area contributed by atoms with Crippen LogP contribution in [0.25, 0.3) is 0 Å². The Hall–Kier alpha value is -0.750. The molecule has 0 aliphatic rings. The van der Waals surface area contributed by atoms with E-state index in [-0.39, 0.29) is 12.5 Å². The summed E-state index contributed by atoms with van der Waals surface area (Å²) in [4.78, 5) is 11.8. The Morgan fingerprint density at radius 2 is 2.20 bits per heavy atom. The lowest BCUT2D eigenvalue weighted by atomic mass is 10.1. The zero-order valence-corrected chi connectivity index (χ0v) is 13.6. The van der Waals surface area contributed by atoms with Crippen molar-refractivity contribution in [3.63, 3.8) is 0 Å². The van der Waals surface area contributed by atoms with E-state index < -0.39 is 5.60 Å². The molecular weight excluding hydrogens is 296 g/mol. The summed E-state index contributed by atoms with van der Waals surface area (Å²) in [5, 5.41) is 16.3. The van der Waals surface area contributed by atoms with Crippen molar-refractivity contribution >= 4 is 35.0 Å². The molecule has 0 saturated carbocycles. The molecule has 1 amide bonds. The highest BCUT2D eigenvalue weighted by molar-refractivity contribution is 7.98. The van der Waals surface area contributed by atoms with Crippen LogP contribution >= 0.6 is 23.4 Å². The number of rotatable bonds is 7. The van der Waals surface area contributed by atoms with Gasteiger partial charge in [-0.25, -0.2) is 0 Å². The molecule has 0 spiro atoms. The number of carbonyl (C=O) groups excluding carboxylic acids is 1. The highest BCUT2D eigenvalue weighted by Gasteiger charge is 2.19. The number of benzene rings is 1. The van der Waals surface area contributed by atoms with Gasteiger partial charge in [-0.3, -0.25) is 4.79 Å². The maximum atomic E-state index is 11.8. The minimum Gasteiger partial charge on any atom is -0.388 e. The van der Waals surface area contributed by atoms with E-state index in [1.807, 2.05) is 19.2 Å². The van der Waals surface area contributed by atoms with Crippen molar-refractivity contribution in [1.82, 2.24) is 5.32 Å². The van der Waals surface area contributed by atoms with E-state index >= 15 is 0 Å². The maximum absolute atomic E-state index is 11.8. The summed E-state index contributed by atoms with van der Waals surface area (Å²) in [7, 11) is 0. The first-order valence-corrected chi connectivity index (χ1v) is 8.09. The second-order valence-corrected chi connectivity index (χ2v) is 6.34. The number of aryl methyl sites for hydroxylation is 1. The molecule has 20 heavy (non-hydrogen) atoms. The van der Waals surface area contributed by atoms with Crippen LogP contribution in [0, 0.1) is 6.92 Å². The lowest BCUT2D eigenvalue weighted by molar-refractivity contribution is -0.115. The third kappa shape index (κ3) is 6.13. The molecule has 0 aliphatic carbocycles. The highest BCUT2D eigenvalue weighted by Crippen LogP contribution is 2.19. The molecule has 0 saturated heterocycles. The molecule has 3 N–H and O–H groups in total. The van der Waals surface area contributed by atoms with Gasteiger partial charge in [-0.2, -0.15) is 11.8 Å². The van der Waals surface area contributed by atoms with Gasteiger partial charge in [-0.1, -0.05) is 17.7 Å². The van der Waals surface area contributed by atoms with Gasteiger partial charge in [0.1, 0.15) is 0 Å². The summed E-state index contributed by atoms with van der Waals surface area (Å²) in [6.07, 6.45) is 1.93. The van der Waals surface area contributed by atoms with Crippen LogP contribution in [0.3, 0.4) is 0 Å². The van der Waals surface area contributed by atoms with Crippen molar-refractivity contribution in [3.05, 3.63) is 28.8 Å². The monoisotopic (exact) mass is 316 g/mol. The van der Waals surface area contributed by atoms with E-state index in [9.17, 15) is 9.90 Å². The summed E-state index contributed by atoms with van der Waals surface area (Å²) < 4.78 is 0. The van der Waals surface area contributed by atoms with E-state index in [1.54, 1.807) is 30.8 Å². The van der Waals surface area contributed by atoms with Gasteiger partial charge in [0.25, 0.3) is 0 Å². The van der Waals surface area contributed by atoms with Crippen molar-refractivity contribution in [2.45, 2.75) is 19.4 Å². The Kier molecular flexibility index (Phi) is 6.82. The molecule has 0 radical (unpaired) electrons. The molecule has 0 heterocycles. The number of thioether (sulfide) groups is 1. The van der Waals surface area contributed by atoms with Crippen molar-refractivity contribution in [2.75, 3.05) is 30.4 Å². The van der Waals surface area contributed by atoms with Gasteiger partial charge in [0.2, 0.25) is 5.91 Å². The standard InChI is InChI=1S/C14H21ClN2O2S/c1-10-4-5-11(15)6-12(10)17-13(18)7-16-8-14(2,19)9-20-3/h4-6,16,19H,7-9H2,1-3H3,(H,17,18). The van der Waals surface area contributed by atoms with Crippen LogP contribution in [0.15, 0.2) is 18.2 Å². The van der Waals surface area contributed by atoms with Gasteiger partial charge in [-0.05, 0) is 37.8 Å². The number of carbonyl (C=O) groups is 1. The van der Waals surface area contributed by atoms with Crippen molar-refractivity contribution in [2.24, 2.45) is 0 Å². The van der Waals surface area contributed by atoms with Gasteiger partial charge in [0, 0.05) is 23.0 Å². The van der Waals surface area contributed by atoms with Gasteiger partial charge in [0.15, 0.2) is 0 Å². The predicted octanol–water partition coefficient (Wildman–Crippen LogP) is 2.29. The van der Waals surface area contributed by atoms with Crippen LogP contribution in [0.4, 0.5) is 5.69 Å². The Morgan fingerprint density at radius 3 is 2.85 bits per heavy atom. The van der Waals surface area contributed by atoms with Crippen molar-refractivity contribution in [1.29, 1.82) is 0 Å². The predicted molar refractivity (Wildman–Crippen MR) is 86.7 cm³/mol. The molecular formula is C14H21ClN2O2S. The quantitative estimate of drug-likeness (QED) is 0.722. The van der Waals surface area contributed by atoms with Crippen LogP contribution in [0.5, 0.6) is 0 Å². The molecule has 1 aromatic rings. The smallest absolute Gasteiger partial charge is 0.238 e. The Bertz CT molecular complexity index is 466. The number of amides is 1. The summed E-state index contributed by atoms with van der Waals surface area (Å²) in [5.74, 6) is 0.463. The van der Waals surface area contributed by atoms with Crippen LogP contribution in [-0.2, 0) is 4.79 Å². The number of hydrogen-bond donors (Lipinski definition) is 3. The number of nitrogens with one attached hydrogen (secondary N) is 2. The fourth-order valence-electron chi connectivity index (χ4n) is 1.73. The van der Waals surface area contributed by atoms with Crippen molar-refractivity contribution < 1.29 is 9.90 Å². The molecule has 1 rings (SSSR count). The van der Waals surface area contributed by atoms with Crippen LogP contribution < -0.4 is 10.6 Å². The van der Waals surface area contributed by atoms with E-state index in [1.165, 1.54) is 0 Å². The topological polar surface area (TPSA) is 61.4 Å². The molecule has 1 aromatic carbocycles. The summed E-state index contributed by atoms with van der Waals surface area (Å²) in [5.41, 5.74) is 0.850. The van der Waals surface area contributed by atoms with Crippen LogP contribution in [-0.4, -0.2) is 41.7 Å². The van der Waals surface area contributed by atoms with Crippen LogP contribution in [0.1, 0.15) is 12.5 Å². The normalized spacial score (nSPS) is 13.8. The maximum Gasteiger partial charge on any atom is 0.238 e. The van der Waals surface area contributed by atoms with E-state index in [0.29, 0.717) is 23.0 Å². The first-order valence-electron chi connectivity index (χ1n) is 6.32. The fourth-order valence-corrected chi connectivity index (χ4v) is 2.63. The molecule has 0 aromatic heterocycles. The zero-order chi connectivity index (χ0) is 15.2. The molecule has 1 unspecified atom stereocenters. The summed E-state index contributed by atoms with van der Waals surface area (Å²) in [6.45, 7) is 4.17. The van der Waals surface area contributed by atoms with Gasteiger partial charge in [-0.15, -0.1) is 0 Å². The lowest BCUT2D eigenvalue weighted by Crippen LogP contribution is -2.42. The number of aliphatic hydroxyl groups is 1. The zero-order valence-electron chi connectivity index (χ0n) is 12.0. The Labute approximate surface area is 129 Å². The van der Waals surface area contributed by atoms with Crippen molar-refractivity contribution in [3.8, 4) is 0 Å². The molecule has 6 heteroatoms. The first kappa shape index (κ1) is 17.3. The Morgan fingerprint density at radius 1 is 1.50 bits per heavy atom. The molecule has 4 nitrogen and oxygen atoms in total. The third-order valence-corrected chi connectivity index (χ3v) is 3.87. The lowest BCUT2D eigenvalue weighted by Gasteiger charge is -2.22. The SMILES string of the molecule is CSCC(C)(O)CNCC(=O)Nc1cc(Cl)ccc1C. The largest absolute Gasteiger partial charge is 0.388 e. The van der Waals surface area contributed by atoms with Gasteiger partial charge >= 0.3 is 0 Å². The molecule has 1 atom stereocenters. The summed E-state index contributed by atoms with van der Waals surface area (Å²) >= 11 is 7.47. The van der Waals surface area contributed by atoms with E-state index in [2.05, 4.69) is 10.6 Å². The number of anilines is 1. The molecule has 112 valence electrons. The van der Waals surface area contributed by atoms with Gasteiger partial charge in [0.05, 0.1) is 12.1 Å². The minimum atomic E-state index is -0.814. The average molecular weight is 317 g/mol. The highest BCUT2D eigenvalue weighted by atomic mass is 35.5. The molecule has 0 bridgehead atoms. The van der Waals surface area contributed by atoms with Crippen LogP contribution in [0.2, 0.25) is 5.02 Å². The first-order chi connectivity index (χ1) is 9.34.